The van der Waals surface area contributed by atoms with Crippen LogP contribution in [0.5, 0.6) is 11.5 Å². The number of rotatable bonds is 5. The summed E-state index contributed by atoms with van der Waals surface area (Å²) < 4.78 is 19.1. The first-order valence-corrected chi connectivity index (χ1v) is 10.1. The minimum atomic E-state index is -0.335. The van der Waals surface area contributed by atoms with Crippen molar-refractivity contribution in [3.8, 4) is 11.5 Å². The van der Waals surface area contributed by atoms with E-state index >= 15 is 0 Å². The summed E-state index contributed by atoms with van der Waals surface area (Å²) in [6.45, 7) is 4.13. The normalized spacial score (nSPS) is 16.3. The molecule has 3 aromatic rings. The van der Waals surface area contributed by atoms with E-state index in [9.17, 15) is 4.79 Å². The molecule has 31 heavy (non-hydrogen) atoms. The number of aromatic nitrogens is 2. The van der Waals surface area contributed by atoms with Crippen LogP contribution in [0, 0.1) is 0 Å². The molecular weight excluding hydrogens is 396 g/mol. The molecule has 1 fully saturated rings. The molecule has 0 radical (unpaired) electrons. The van der Waals surface area contributed by atoms with Gasteiger partial charge in [-0.1, -0.05) is 0 Å². The summed E-state index contributed by atoms with van der Waals surface area (Å²) in [6, 6.07) is 12.6. The van der Waals surface area contributed by atoms with E-state index in [2.05, 4.69) is 26.8 Å². The van der Waals surface area contributed by atoms with E-state index in [0.29, 0.717) is 22.7 Å². The molecule has 2 aliphatic heterocycles. The van der Waals surface area contributed by atoms with Gasteiger partial charge >= 0.3 is 0 Å². The van der Waals surface area contributed by atoms with Crippen molar-refractivity contribution in [2.24, 2.45) is 0 Å². The summed E-state index contributed by atoms with van der Waals surface area (Å²) in [6.07, 6.45) is 0. The maximum Gasteiger partial charge on any atom is 0.231 e. The molecule has 0 bridgehead atoms. The molecule has 1 saturated heterocycles. The van der Waals surface area contributed by atoms with E-state index in [1.807, 2.05) is 24.3 Å². The number of nitrogens with two attached hydrogens (primary N) is 1. The molecule has 5 rings (SSSR count). The highest BCUT2D eigenvalue weighted by molar-refractivity contribution is 6.11. The fraction of sp³-hybridized carbons (Fsp3) is 0.273. The monoisotopic (exact) mass is 422 g/mol. The zero-order valence-electron chi connectivity index (χ0n) is 18.2. The second kappa shape index (κ2) is 7.84. The smallest absolute Gasteiger partial charge is 0.231 e. The lowest BCUT2D eigenvalue weighted by molar-refractivity contribution is 0.103. The number of likely N-dealkylation sites (N-methyl/N-ethyl adjacent to an activating group) is 1. The highest BCUT2D eigenvalue weighted by Crippen LogP contribution is 2.33. The molecule has 0 saturated carbocycles. The maximum atomic E-state index is 12.9. The summed E-state index contributed by atoms with van der Waals surface area (Å²) in [7, 11) is 2.12. The molecule has 2 aromatic carbocycles. The second-order valence-corrected chi connectivity index (χ2v) is 7.64. The molecule has 3 heterocycles. The van der Waals surface area contributed by atoms with Crippen molar-refractivity contribution in [1.82, 2.24) is 14.9 Å². The number of benzene rings is 2. The van der Waals surface area contributed by atoms with Crippen molar-refractivity contribution >= 4 is 28.9 Å². The third kappa shape index (κ3) is 3.87. The molecule has 0 unspecified atom stereocenters. The number of aromatic amines is 1. The average Bonchev–Trinajstić information content (AvgIpc) is 3.44. The van der Waals surface area contributed by atoms with Gasteiger partial charge in [-0.15, -0.1) is 0 Å². The number of fused-ring (bicyclic) bond motifs is 1. The molecular formula is C22H24N6O3. The van der Waals surface area contributed by atoms with Crippen LogP contribution in [0.4, 0.5) is 23.1 Å². The van der Waals surface area contributed by atoms with Gasteiger partial charge in [0.1, 0.15) is 5.69 Å². The molecule has 0 spiro atoms. The zero-order chi connectivity index (χ0) is 22.2. The third-order valence-corrected chi connectivity index (χ3v) is 5.53. The summed E-state index contributed by atoms with van der Waals surface area (Å²) in [4.78, 5) is 24.7. The summed E-state index contributed by atoms with van der Waals surface area (Å²) in [5.74, 6) is 0.972. The van der Waals surface area contributed by atoms with Crippen molar-refractivity contribution in [3.05, 3.63) is 53.7 Å². The van der Waals surface area contributed by atoms with E-state index in [-0.39, 0.29) is 30.0 Å². The van der Waals surface area contributed by atoms with Crippen LogP contribution in [-0.4, -0.2) is 60.7 Å². The highest BCUT2D eigenvalue weighted by atomic mass is 16.7. The van der Waals surface area contributed by atoms with E-state index in [1.165, 1.54) is 0 Å². The number of carbonyl (C=O) groups excluding carboxylic acids is 1. The van der Waals surface area contributed by atoms with Gasteiger partial charge in [-0.2, -0.15) is 4.98 Å². The van der Waals surface area contributed by atoms with Crippen LogP contribution < -0.4 is 25.4 Å². The summed E-state index contributed by atoms with van der Waals surface area (Å²) in [5.41, 5.74) is 8.25. The number of hydrogen-bond donors (Lipinski definition) is 3. The van der Waals surface area contributed by atoms with E-state index < -0.39 is 0 Å². The number of anilines is 4. The van der Waals surface area contributed by atoms with Crippen LogP contribution in [0.2, 0.25) is 1.41 Å². The van der Waals surface area contributed by atoms with Gasteiger partial charge in [0.05, 0.1) is 0 Å². The van der Waals surface area contributed by atoms with E-state index in [4.69, 9.17) is 16.6 Å². The quantitative estimate of drug-likeness (QED) is 0.538. The molecule has 160 valence electrons. The molecule has 0 atom stereocenters. The zero-order valence-corrected chi connectivity index (χ0v) is 17.2. The van der Waals surface area contributed by atoms with Crippen molar-refractivity contribution < 1.29 is 15.7 Å². The Kier molecular flexibility index (Phi) is 4.57. The average molecular weight is 422 g/mol. The van der Waals surface area contributed by atoms with Gasteiger partial charge in [-0.05, 0) is 49.5 Å². The van der Waals surface area contributed by atoms with Gasteiger partial charge in [0.25, 0.3) is 0 Å². The number of carbonyl (C=O) groups is 1. The SMILES string of the molecule is [3H]N(c1ccc(N2CCN(C)CC2)cc1)c1nc(N)c(C(=O)c2ccc3c(c2)OCO3)[nH]1. The predicted molar refractivity (Wildman–Crippen MR) is 118 cm³/mol. The molecule has 0 aliphatic carbocycles. The molecule has 9 heteroatoms. The number of ether oxygens (including phenoxy) is 2. The van der Waals surface area contributed by atoms with Gasteiger partial charge in [0.2, 0.25) is 18.5 Å². The minimum absolute atomic E-state index is 0.0361. The van der Waals surface area contributed by atoms with Gasteiger partial charge in [0.15, 0.2) is 18.7 Å². The Bertz CT molecular complexity index is 1140. The lowest BCUT2D eigenvalue weighted by atomic mass is 10.1. The lowest BCUT2D eigenvalue weighted by Gasteiger charge is -2.34. The van der Waals surface area contributed by atoms with Crippen LogP contribution >= 0.6 is 0 Å². The lowest BCUT2D eigenvalue weighted by Crippen LogP contribution is -2.44. The Morgan fingerprint density at radius 2 is 1.87 bits per heavy atom. The summed E-state index contributed by atoms with van der Waals surface area (Å²) in [5, 5.41) is 1.13. The first-order valence-electron chi connectivity index (χ1n) is 10.6. The topological polar surface area (TPSA) is 109 Å². The highest BCUT2D eigenvalue weighted by Gasteiger charge is 2.21. The van der Waals surface area contributed by atoms with Crippen molar-refractivity contribution in [2.45, 2.75) is 0 Å². The van der Waals surface area contributed by atoms with Crippen molar-refractivity contribution in [3.63, 3.8) is 0 Å². The van der Waals surface area contributed by atoms with Crippen LogP contribution in [0.1, 0.15) is 16.1 Å². The Labute approximate surface area is 181 Å². The first-order chi connectivity index (χ1) is 15.5. The molecule has 4 N–H and O–H groups in total. The Morgan fingerprint density at radius 1 is 1.13 bits per heavy atom. The van der Waals surface area contributed by atoms with E-state index in [0.717, 1.165) is 37.2 Å². The van der Waals surface area contributed by atoms with E-state index in [1.54, 1.807) is 18.2 Å². The summed E-state index contributed by atoms with van der Waals surface area (Å²) >= 11 is 0. The largest absolute Gasteiger partial charge is 0.454 e. The van der Waals surface area contributed by atoms with Crippen LogP contribution in [-0.2, 0) is 0 Å². The predicted octanol–water partition coefficient (Wildman–Crippen LogP) is 2.45. The number of hydrogen-bond acceptors (Lipinski definition) is 8. The molecule has 2 aliphatic rings. The first kappa shape index (κ1) is 18.1. The number of nitrogen functional groups attached to an aromatic ring is 1. The molecule has 0 amide bonds. The number of imidazole rings is 1. The minimum Gasteiger partial charge on any atom is -0.454 e. The Balaban J connectivity index is 1.33. The van der Waals surface area contributed by atoms with Crippen LogP contribution in [0.25, 0.3) is 0 Å². The van der Waals surface area contributed by atoms with Crippen molar-refractivity contribution in [1.29, 1.82) is 0 Å². The third-order valence-electron chi connectivity index (χ3n) is 5.53. The second-order valence-electron chi connectivity index (χ2n) is 7.64. The van der Waals surface area contributed by atoms with Gasteiger partial charge in [-0.25, -0.2) is 0 Å². The van der Waals surface area contributed by atoms with Gasteiger partial charge in [-0.3, -0.25) is 4.79 Å². The number of piperazine rings is 1. The van der Waals surface area contributed by atoms with Gasteiger partial charge in [0, 0.05) is 43.1 Å². The van der Waals surface area contributed by atoms with Crippen molar-refractivity contribution in [2.75, 3.05) is 56.0 Å². The number of ketones is 1. The Morgan fingerprint density at radius 3 is 2.65 bits per heavy atom. The number of nitrogens with one attached hydrogen (secondary N) is 2. The number of nitrogens with zero attached hydrogens (tertiary/aromatic N) is 3. The fourth-order valence-electron chi connectivity index (χ4n) is 3.71. The van der Waals surface area contributed by atoms with Gasteiger partial charge < -0.3 is 35.3 Å². The molecule has 1 aromatic heterocycles. The Hall–Kier alpha value is -3.72. The maximum absolute atomic E-state index is 12.9. The number of H-pyrrole nitrogens is 1. The fourth-order valence-corrected chi connectivity index (χ4v) is 3.71. The molecule has 9 nitrogen and oxygen atoms in total. The van der Waals surface area contributed by atoms with Crippen LogP contribution in [0.3, 0.4) is 0 Å². The van der Waals surface area contributed by atoms with Crippen LogP contribution in [0.15, 0.2) is 42.5 Å². The standard InChI is InChI=1S/C22H24N6O3/c1-27-8-10-28(11-9-27)16-5-3-15(4-6-16)24-22-25-19(21(23)26-22)20(29)14-2-7-17-18(12-14)31-13-30-17/h2-7,12H,8-11,13,23H2,1H3,(H2,24,25,26)/i/hT.